The first-order chi connectivity index (χ1) is 10.6. The standard InChI is InChI=1S/C17H35N5/c1-19-9-6-10-21(3)16-17-22(12-5-4-8-18)13-7-11-20(2)15-14-19/h4-7,9-17H2,1-3H3. The van der Waals surface area contributed by atoms with Crippen LogP contribution in [-0.2, 0) is 0 Å². The Hall–Kier alpha value is -0.670. The van der Waals surface area contributed by atoms with E-state index in [1.54, 1.807) is 0 Å². The van der Waals surface area contributed by atoms with Crippen LogP contribution < -0.4 is 0 Å². The Morgan fingerprint density at radius 2 is 1.23 bits per heavy atom. The zero-order valence-electron chi connectivity index (χ0n) is 14.9. The highest BCUT2D eigenvalue weighted by Gasteiger charge is 2.09. The lowest BCUT2D eigenvalue weighted by atomic mass is 10.2. The summed E-state index contributed by atoms with van der Waals surface area (Å²) in [7, 11) is 6.69. The first kappa shape index (κ1) is 19.4. The monoisotopic (exact) mass is 309 g/mol. The molecule has 1 aliphatic heterocycles. The van der Waals surface area contributed by atoms with Crippen LogP contribution in [0.3, 0.4) is 0 Å². The molecular formula is C17H35N5. The lowest BCUT2D eigenvalue weighted by Crippen LogP contribution is -2.38. The van der Waals surface area contributed by atoms with Crippen LogP contribution in [-0.4, -0.2) is 99.6 Å². The van der Waals surface area contributed by atoms with E-state index in [-0.39, 0.29) is 0 Å². The van der Waals surface area contributed by atoms with Crippen molar-refractivity contribution in [2.45, 2.75) is 25.7 Å². The summed E-state index contributed by atoms with van der Waals surface area (Å²) in [5.74, 6) is 0. The molecule has 0 radical (unpaired) electrons. The van der Waals surface area contributed by atoms with Gasteiger partial charge in [0, 0.05) is 32.6 Å². The molecule has 0 atom stereocenters. The highest BCUT2D eigenvalue weighted by molar-refractivity contribution is 4.71. The highest BCUT2D eigenvalue weighted by Crippen LogP contribution is 2.01. The van der Waals surface area contributed by atoms with Gasteiger partial charge in [0.2, 0.25) is 0 Å². The van der Waals surface area contributed by atoms with Crippen molar-refractivity contribution in [3.8, 4) is 6.07 Å². The summed E-state index contributed by atoms with van der Waals surface area (Å²) in [6.45, 7) is 10.3. The number of rotatable bonds is 3. The van der Waals surface area contributed by atoms with Crippen molar-refractivity contribution in [3.63, 3.8) is 0 Å². The molecule has 1 saturated heterocycles. The Balaban J connectivity index is 2.45. The molecule has 0 bridgehead atoms. The van der Waals surface area contributed by atoms with Crippen molar-refractivity contribution in [3.05, 3.63) is 0 Å². The SMILES string of the molecule is CN1CCCN(C)CCN(CCCC#N)CCCN(C)CC1. The van der Waals surface area contributed by atoms with Crippen LogP contribution in [0.2, 0.25) is 0 Å². The van der Waals surface area contributed by atoms with Crippen molar-refractivity contribution in [2.24, 2.45) is 0 Å². The first-order valence-corrected chi connectivity index (χ1v) is 8.76. The van der Waals surface area contributed by atoms with E-state index >= 15 is 0 Å². The van der Waals surface area contributed by atoms with Gasteiger partial charge in [0.15, 0.2) is 0 Å². The molecule has 1 aliphatic rings. The average molecular weight is 310 g/mol. The second-order valence-electron chi connectivity index (χ2n) is 6.72. The molecule has 0 aliphatic carbocycles. The van der Waals surface area contributed by atoms with E-state index in [9.17, 15) is 0 Å². The van der Waals surface area contributed by atoms with Gasteiger partial charge in [0.1, 0.15) is 0 Å². The maximum absolute atomic E-state index is 8.72. The van der Waals surface area contributed by atoms with E-state index in [1.165, 1.54) is 32.5 Å². The maximum Gasteiger partial charge on any atom is 0.0622 e. The molecule has 0 aromatic carbocycles. The minimum absolute atomic E-state index is 0.679. The molecule has 1 rings (SSSR count). The Kier molecular flexibility index (Phi) is 10.4. The molecule has 1 heterocycles. The number of nitrogens with zero attached hydrogens (tertiary/aromatic N) is 5. The lowest BCUT2D eigenvalue weighted by Gasteiger charge is -2.28. The molecule has 5 nitrogen and oxygen atoms in total. The first-order valence-electron chi connectivity index (χ1n) is 8.76. The molecule has 0 saturated carbocycles. The van der Waals surface area contributed by atoms with E-state index < -0.39 is 0 Å². The molecule has 22 heavy (non-hydrogen) atoms. The molecule has 0 aromatic rings. The quantitative estimate of drug-likeness (QED) is 0.732. The van der Waals surface area contributed by atoms with Crippen molar-refractivity contribution in [1.29, 1.82) is 5.26 Å². The molecule has 0 unspecified atom stereocenters. The van der Waals surface area contributed by atoms with Crippen LogP contribution in [0.25, 0.3) is 0 Å². The molecular weight excluding hydrogens is 274 g/mol. The Morgan fingerprint density at radius 3 is 1.77 bits per heavy atom. The fourth-order valence-electron chi connectivity index (χ4n) is 2.88. The fraction of sp³-hybridized carbons (Fsp3) is 0.941. The van der Waals surface area contributed by atoms with Gasteiger partial charge >= 0.3 is 0 Å². The predicted octanol–water partition coefficient (Wildman–Crippen LogP) is 1.18. The van der Waals surface area contributed by atoms with Gasteiger partial charge in [-0.15, -0.1) is 0 Å². The van der Waals surface area contributed by atoms with Crippen LogP contribution in [0, 0.1) is 11.3 Å². The van der Waals surface area contributed by atoms with Gasteiger partial charge in [-0.3, -0.25) is 0 Å². The summed E-state index contributed by atoms with van der Waals surface area (Å²) in [6.07, 6.45) is 4.14. The van der Waals surface area contributed by atoms with E-state index in [0.717, 1.165) is 45.7 Å². The smallest absolute Gasteiger partial charge is 0.0622 e. The van der Waals surface area contributed by atoms with Gasteiger partial charge < -0.3 is 19.6 Å². The molecule has 1 fully saturated rings. The number of nitriles is 1. The molecule has 0 amide bonds. The average Bonchev–Trinajstić information content (AvgIpc) is 2.49. The molecule has 128 valence electrons. The minimum atomic E-state index is 0.679. The maximum atomic E-state index is 8.72. The zero-order chi connectivity index (χ0) is 16.2. The van der Waals surface area contributed by atoms with Gasteiger partial charge in [-0.25, -0.2) is 0 Å². The van der Waals surface area contributed by atoms with Crippen molar-refractivity contribution in [1.82, 2.24) is 19.6 Å². The van der Waals surface area contributed by atoms with Crippen LogP contribution >= 0.6 is 0 Å². The van der Waals surface area contributed by atoms with Gasteiger partial charge in [0.05, 0.1) is 6.07 Å². The Bertz CT molecular complexity index is 315. The molecule has 0 aromatic heterocycles. The number of unbranched alkanes of at least 4 members (excludes halogenated alkanes) is 1. The number of likely N-dealkylation sites (N-methyl/N-ethyl adjacent to an activating group) is 3. The number of hydrogen-bond donors (Lipinski definition) is 0. The molecule has 0 spiro atoms. The van der Waals surface area contributed by atoms with Crippen LogP contribution in [0.15, 0.2) is 0 Å². The normalized spacial score (nSPS) is 23.0. The summed E-state index contributed by atoms with van der Waals surface area (Å²) in [6, 6.07) is 2.26. The van der Waals surface area contributed by atoms with Crippen molar-refractivity contribution >= 4 is 0 Å². The van der Waals surface area contributed by atoms with Crippen LogP contribution in [0.5, 0.6) is 0 Å². The van der Waals surface area contributed by atoms with E-state index in [4.69, 9.17) is 5.26 Å². The predicted molar refractivity (Wildman–Crippen MR) is 93.0 cm³/mol. The zero-order valence-corrected chi connectivity index (χ0v) is 14.9. The lowest BCUT2D eigenvalue weighted by molar-refractivity contribution is 0.189. The van der Waals surface area contributed by atoms with Gasteiger partial charge in [-0.2, -0.15) is 5.26 Å². The van der Waals surface area contributed by atoms with Gasteiger partial charge in [0.25, 0.3) is 0 Å². The number of hydrogen-bond acceptors (Lipinski definition) is 5. The van der Waals surface area contributed by atoms with Crippen LogP contribution in [0.4, 0.5) is 0 Å². The Labute approximate surface area is 137 Å². The largest absolute Gasteiger partial charge is 0.305 e. The third kappa shape index (κ3) is 9.37. The molecule has 5 heteroatoms. The van der Waals surface area contributed by atoms with E-state index in [1.807, 2.05) is 0 Å². The summed E-state index contributed by atoms with van der Waals surface area (Å²) >= 11 is 0. The third-order valence-corrected chi connectivity index (χ3v) is 4.52. The van der Waals surface area contributed by atoms with E-state index in [2.05, 4.69) is 46.8 Å². The second kappa shape index (κ2) is 11.8. The van der Waals surface area contributed by atoms with Crippen molar-refractivity contribution < 1.29 is 0 Å². The fourth-order valence-corrected chi connectivity index (χ4v) is 2.88. The minimum Gasteiger partial charge on any atom is -0.305 e. The second-order valence-corrected chi connectivity index (χ2v) is 6.72. The molecule has 0 N–H and O–H groups in total. The van der Waals surface area contributed by atoms with E-state index in [0.29, 0.717) is 6.42 Å². The third-order valence-electron chi connectivity index (χ3n) is 4.52. The summed E-state index contributed by atoms with van der Waals surface area (Å²) < 4.78 is 0. The van der Waals surface area contributed by atoms with Crippen molar-refractivity contribution in [2.75, 3.05) is 80.0 Å². The summed E-state index contributed by atoms with van der Waals surface area (Å²) in [5, 5.41) is 8.72. The summed E-state index contributed by atoms with van der Waals surface area (Å²) in [5.41, 5.74) is 0. The summed E-state index contributed by atoms with van der Waals surface area (Å²) in [4.78, 5) is 9.88. The van der Waals surface area contributed by atoms with Crippen LogP contribution in [0.1, 0.15) is 25.7 Å². The topological polar surface area (TPSA) is 36.8 Å². The van der Waals surface area contributed by atoms with Gasteiger partial charge in [-0.05, 0) is 73.1 Å². The highest BCUT2D eigenvalue weighted by atomic mass is 15.2. The van der Waals surface area contributed by atoms with Gasteiger partial charge in [-0.1, -0.05) is 0 Å². The Morgan fingerprint density at radius 1 is 0.727 bits per heavy atom.